The van der Waals surface area contributed by atoms with Crippen LogP contribution >= 0.6 is 11.6 Å². The minimum absolute atomic E-state index is 0.706. The highest BCUT2D eigenvalue weighted by Crippen LogP contribution is 2.36. The van der Waals surface area contributed by atoms with E-state index < -0.39 is 0 Å². The van der Waals surface area contributed by atoms with Crippen LogP contribution in [0.15, 0.2) is 118 Å². The fourth-order valence-electron chi connectivity index (χ4n) is 5.15. The molecule has 1 fully saturated rings. The zero-order valence-electron chi connectivity index (χ0n) is 25.1. The molecule has 4 aliphatic heterocycles. The summed E-state index contributed by atoms with van der Waals surface area (Å²) in [6.45, 7) is 4.08. The maximum atomic E-state index is 6.18. The second-order valence-corrected chi connectivity index (χ2v) is 11.2. The van der Waals surface area contributed by atoms with Crippen molar-refractivity contribution < 1.29 is 0 Å². The second-order valence-electron chi connectivity index (χ2n) is 10.7. The number of rotatable bonds is 0. The van der Waals surface area contributed by atoms with Gasteiger partial charge in [-0.25, -0.2) is 4.99 Å². The number of fused-ring (bicyclic) bond motifs is 4. The number of halogens is 1. The quantitative estimate of drug-likeness (QED) is 0.187. The molecule has 8 nitrogen and oxygen atoms in total. The molecule has 0 aromatic heterocycles. The fraction of sp³-hybridized carbons (Fsp3) is 0.139. The number of amidine groups is 1. The number of hydrogen-bond acceptors (Lipinski definition) is 8. The van der Waals surface area contributed by atoms with Crippen LogP contribution in [-0.2, 0) is 0 Å². The van der Waals surface area contributed by atoms with Crippen molar-refractivity contribution in [3.63, 3.8) is 0 Å². The van der Waals surface area contributed by atoms with E-state index in [1.54, 1.807) is 12.4 Å². The molecular formula is C36H35ClN8. The average molecular weight is 615 g/mol. The largest absolute Gasteiger partial charge is 0.353 e. The number of nitrogens with one attached hydrogen (secondary N) is 3. The predicted octanol–water partition coefficient (Wildman–Crippen LogP) is 7.94. The second kappa shape index (κ2) is 14.5. The molecule has 0 spiro atoms. The lowest BCUT2D eigenvalue weighted by molar-refractivity contribution is 0.216. The summed E-state index contributed by atoms with van der Waals surface area (Å²) in [5, 5.41) is 12.1. The molecule has 0 atom stereocenters. The maximum Gasteiger partial charge on any atom is 0.138 e. The number of hydrazone groups is 2. The third-order valence-corrected chi connectivity index (χ3v) is 7.83. The lowest BCUT2D eigenvalue weighted by Gasteiger charge is -2.34. The summed E-state index contributed by atoms with van der Waals surface area (Å²) in [6.07, 6.45) is 11.4. The molecule has 0 saturated carbocycles. The summed E-state index contributed by atoms with van der Waals surface area (Å²) in [5.74, 6) is 1.03. The minimum Gasteiger partial charge on any atom is -0.353 e. The van der Waals surface area contributed by atoms with Gasteiger partial charge in [-0.2, -0.15) is 10.2 Å². The molecule has 45 heavy (non-hydrogen) atoms. The van der Waals surface area contributed by atoms with Crippen molar-refractivity contribution in [3.8, 4) is 0 Å². The Morgan fingerprint density at radius 3 is 1.87 bits per heavy atom. The Kier molecular flexibility index (Phi) is 9.64. The van der Waals surface area contributed by atoms with Gasteiger partial charge in [0.25, 0.3) is 0 Å². The van der Waals surface area contributed by atoms with Crippen LogP contribution in [0, 0.1) is 0 Å². The first kappa shape index (κ1) is 29.9. The number of para-hydroxylation sites is 3. The van der Waals surface area contributed by atoms with E-state index in [0.717, 1.165) is 66.0 Å². The first-order chi connectivity index (χ1) is 22.1. The van der Waals surface area contributed by atoms with Crippen LogP contribution in [0.2, 0.25) is 5.02 Å². The molecule has 0 unspecified atom stereocenters. The van der Waals surface area contributed by atoms with E-state index in [1.165, 1.54) is 11.1 Å². The van der Waals surface area contributed by atoms with Gasteiger partial charge < -0.3 is 15.1 Å². The van der Waals surface area contributed by atoms with Crippen molar-refractivity contribution in [2.45, 2.75) is 0 Å². The number of aliphatic imine (C=N–C) groups is 1. The normalized spacial score (nSPS) is 15.6. The Morgan fingerprint density at radius 2 is 1.22 bits per heavy atom. The summed E-state index contributed by atoms with van der Waals surface area (Å²) in [7, 11) is 2.16. The van der Waals surface area contributed by atoms with Crippen molar-refractivity contribution in [2.24, 2.45) is 15.2 Å². The molecule has 226 valence electrons. The van der Waals surface area contributed by atoms with Crippen LogP contribution in [-0.4, -0.2) is 61.3 Å². The van der Waals surface area contributed by atoms with Crippen LogP contribution in [0.4, 0.5) is 28.4 Å². The highest BCUT2D eigenvalue weighted by molar-refractivity contribution is 6.31. The minimum atomic E-state index is 0.706. The van der Waals surface area contributed by atoms with E-state index in [-0.39, 0.29) is 0 Å². The number of allylic oxidation sites excluding steroid dienone is 2. The molecule has 3 N–H and O–H groups in total. The van der Waals surface area contributed by atoms with Crippen LogP contribution in [0.1, 0.15) is 16.7 Å². The Hall–Kier alpha value is -5.18. The first-order valence-corrected chi connectivity index (χ1v) is 15.3. The zero-order chi connectivity index (χ0) is 30.8. The third kappa shape index (κ3) is 7.67. The molecule has 4 aromatic carbocycles. The van der Waals surface area contributed by atoms with Crippen LogP contribution in [0.25, 0.3) is 12.2 Å². The molecule has 4 aliphatic rings. The first-order valence-electron chi connectivity index (χ1n) is 14.9. The number of piperazine rings is 1. The Morgan fingerprint density at radius 1 is 0.644 bits per heavy atom. The van der Waals surface area contributed by atoms with Gasteiger partial charge in [-0.05, 0) is 72.8 Å². The summed E-state index contributed by atoms with van der Waals surface area (Å²) in [4.78, 5) is 9.69. The third-order valence-electron chi connectivity index (χ3n) is 7.59. The standard InChI is InChI=1S/C18H19ClN4.2C9H8N2/c1-22-8-10-23(11-9-22)18-14-4-2-3-5-15(14)20-16-7-6-13(19)12-17(16)21-18;2*1-2-6-9-8(4-1)5-3-7-10-11-9/h2-7,12,20H,8-11H2,1H3;2*1-7,11H. The number of nitrogens with zero attached hydrogens (tertiary/aromatic N) is 5. The molecule has 4 heterocycles. The van der Waals surface area contributed by atoms with Crippen LogP contribution < -0.4 is 16.2 Å². The summed E-state index contributed by atoms with van der Waals surface area (Å²) in [6, 6.07) is 30.3. The molecule has 1 saturated heterocycles. The molecule has 0 amide bonds. The Labute approximate surface area is 269 Å². The zero-order valence-corrected chi connectivity index (χ0v) is 25.8. The molecule has 0 bridgehead atoms. The van der Waals surface area contributed by atoms with E-state index in [2.05, 4.69) is 61.4 Å². The van der Waals surface area contributed by atoms with Crippen molar-refractivity contribution >= 4 is 70.5 Å². The monoisotopic (exact) mass is 614 g/mol. The van der Waals surface area contributed by atoms with Crippen molar-refractivity contribution in [1.29, 1.82) is 0 Å². The van der Waals surface area contributed by atoms with Crippen LogP contribution in [0.5, 0.6) is 0 Å². The van der Waals surface area contributed by atoms with Crippen molar-refractivity contribution in [2.75, 3.05) is 49.4 Å². The van der Waals surface area contributed by atoms with Crippen molar-refractivity contribution in [1.82, 2.24) is 9.80 Å². The summed E-state index contributed by atoms with van der Waals surface area (Å²) < 4.78 is 0. The number of anilines is 4. The molecular weight excluding hydrogens is 580 g/mol. The summed E-state index contributed by atoms with van der Waals surface area (Å²) >= 11 is 6.18. The van der Waals surface area contributed by atoms with Gasteiger partial charge in [0.1, 0.15) is 5.84 Å². The van der Waals surface area contributed by atoms with Gasteiger partial charge in [0, 0.05) is 54.9 Å². The smallest absolute Gasteiger partial charge is 0.138 e. The van der Waals surface area contributed by atoms with Gasteiger partial charge in [0.2, 0.25) is 0 Å². The van der Waals surface area contributed by atoms with Gasteiger partial charge >= 0.3 is 0 Å². The van der Waals surface area contributed by atoms with Gasteiger partial charge in [0.05, 0.1) is 22.7 Å². The maximum absolute atomic E-state index is 6.18. The average Bonchev–Trinajstić information content (AvgIpc) is 3.53. The number of likely N-dealkylation sites (N-methyl/N-ethyl adjacent to an activating group) is 1. The molecule has 0 aliphatic carbocycles. The number of hydrogen-bond donors (Lipinski definition) is 3. The molecule has 4 aromatic rings. The van der Waals surface area contributed by atoms with E-state index in [0.29, 0.717) is 5.02 Å². The lowest BCUT2D eigenvalue weighted by atomic mass is 10.1. The lowest BCUT2D eigenvalue weighted by Crippen LogP contribution is -2.47. The SMILES string of the molecule is C1=Cc2ccccc2NN=C1.C1=Cc2ccccc2NN=C1.CN1CCN(C2=Nc3cc(Cl)ccc3Nc3ccccc32)CC1. The highest BCUT2D eigenvalue weighted by atomic mass is 35.5. The Bertz CT molecular complexity index is 1720. The van der Waals surface area contributed by atoms with E-state index in [1.807, 2.05) is 97.1 Å². The number of benzene rings is 4. The van der Waals surface area contributed by atoms with Crippen molar-refractivity contribution in [3.05, 3.63) is 125 Å². The van der Waals surface area contributed by atoms with Gasteiger partial charge in [-0.15, -0.1) is 0 Å². The predicted molar refractivity (Wildman–Crippen MR) is 192 cm³/mol. The Balaban J connectivity index is 0.000000135. The van der Waals surface area contributed by atoms with Gasteiger partial charge in [-0.3, -0.25) is 10.9 Å². The van der Waals surface area contributed by atoms with E-state index in [9.17, 15) is 0 Å². The topological polar surface area (TPSA) is 79.7 Å². The van der Waals surface area contributed by atoms with Gasteiger partial charge in [-0.1, -0.05) is 72.3 Å². The van der Waals surface area contributed by atoms with E-state index >= 15 is 0 Å². The highest BCUT2D eigenvalue weighted by Gasteiger charge is 2.23. The molecule has 0 radical (unpaired) electrons. The van der Waals surface area contributed by atoms with Gasteiger partial charge in [0.15, 0.2) is 0 Å². The molecule has 8 rings (SSSR count). The molecule has 9 heteroatoms. The van der Waals surface area contributed by atoms with E-state index in [4.69, 9.17) is 16.6 Å². The fourth-order valence-corrected chi connectivity index (χ4v) is 5.32. The van der Waals surface area contributed by atoms with Crippen LogP contribution in [0.3, 0.4) is 0 Å². The summed E-state index contributed by atoms with van der Waals surface area (Å²) in [5.41, 5.74) is 14.4.